The quantitative estimate of drug-likeness (QED) is 0.515. The Morgan fingerprint density at radius 3 is 2.70 bits per heavy atom. The number of aromatic nitrogens is 4. The lowest BCUT2D eigenvalue weighted by atomic mass is 10.1. The second kappa shape index (κ2) is 6.96. The van der Waals surface area contributed by atoms with Crippen molar-refractivity contribution < 1.29 is 9.13 Å². The Labute approximate surface area is 160 Å². The van der Waals surface area contributed by atoms with E-state index in [-0.39, 0.29) is 5.75 Å². The lowest BCUT2D eigenvalue weighted by Gasteiger charge is -2.08. The Balaban J connectivity index is 1.62. The van der Waals surface area contributed by atoms with Crippen LogP contribution in [0.4, 0.5) is 4.39 Å². The third-order valence-electron chi connectivity index (χ3n) is 4.35. The summed E-state index contributed by atoms with van der Waals surface area (Å²) < 4.78 is 20.5. The summed E-state index contributed by atoms with van der Waals surface area (Å²) in [5, 5.41) is 6.12. The molecule has 2 heterocycles. The summed E-state index contributed by atoms with van der Waals surface area (Å²) in [7, 11) is 1.43. The van der Waals surface area contributed by atoms with Crippen molar-refractivity contribution in [2.45, 2.75) is 13.5 Å². The van der Waals surface area contributed by atoms with Crippen LogP contribution in [0.1, 0.15) is 11.3 Å². The number of hydrogen-bond acceptors (Lipinski definition) is 4. The van der Waals surface area contributed by atoms with Gasteiger partial charge in [-0.3, -0.25) is 14.6 Å². The van der Waals surface area contributed by atoms with Crippen LogP contribution in [0.2, 0.25) is 5.02 Å². The van der Waals surface area contributed by atoms with Crippen LogP contribution in [0.5, 0.6) is 5.75 Å². The minimum atomic E-state index is -0.410. The first kappa shape index (κ1) is 17.4. The summed E-state index contributed by atoms with van der Waals surface area (Å²) in [6.07, 6.45) is 5.15. The number of nitrogens with zero attached hydrogens (tertiary/aromatic N) is 4. The molecule has 0 saturated carbocycles. The van der Waals surface area contributed by atoms with E-state index in [0.29, 0.717) is 17.3 Å². The van der Waals surface area contributed by atoms with Crippen molar-refractivity contribution in [2.24, 2.45) is 0 Å². The minimum Gasteiger partial charge on any atom is -0.494 e. The zero-order valence-corrected chi connectivity index (χ0v) is 15.5. The average molecular weight is 383 g/mol. The van der Waals surface area contributed by atoms with Gasteiger partial charge in [-0.15, -0.1) is 0 Å². The Bertz CT molecular complexity index is 1120. The van der Waals surface area contributed by atoms with Crippen molar-refractivity contribution in [3.05, 3.63) is 71.0 Å². The SMILES string of the molecule is COc1cc(-c2cnc(Cn3ncc4cc(Cl)cc(C)c43)cn2)ccc1F. The monoisotopic (exact) mass is 382 g/mol. The highest BCUT2D eigenvalue weighted by Crippen LogP contribution is 2.26. The molecule has 4 aromatic rings. The maximum Gasteiger partial charge on any atom is 0.165 e. The Morgan fingerprint density at radius 2 is 1.96 bits per heavy atom. The molecule has 0 fully saturated rings. The lowest BCUT2D eigenvalue weighted by Crippen LogP contribution is -2.05. The molecule has 0 amide bonds. The number of benzene rings is 2. The van der Waals surface area contributed by atoms with E-state index >= 15 is 0 Å². The molecule has 7 heteroatoms. The smallest absolute Gasteiger partial charge is 0.165 e. The predicted octanol–water partition coefficient (Wildman–Crippen LogP) is 4.65. The third-order valence-corrected chi connectivity index (χ3v) is 4.57. The van der Waals surface area contributed by atoms with Gasteiger partial charge in [0.15, 0.2) is 11.6 Å². The van der Waals surface area contributed by atoms with Gasteiger partial charge in [0.1, 0.15) is 0 Å². The highest BCUT2D eigenvalue weighted by Gasteiger charge is 2.10. The van der Waals surface area contributed by atoms with Gasteiger partial charge in [-0.05, 0) is 42.8 Å². The fourth-order valence-electron chi connectivity index (χ4n) is 3.08. The third kappa shape index (κ3) is 3.36. The standard InChI is InChI=1S/C20H16ClFN4O/c1-12-5-15(21)6-14-8-25-26(20(12)14)11-16-9-24-18(10-23-16)13-3-4-17(22)19(7-13)27-2/h3-10H,11H2,1-2H3. The van der Waals surface area contributed by atoms with Gasteiger partial charge in [0.25, 0.3) is 0 Å². The van der Waals surface area contributed by atoms with Gasteiger partial charge >= 0.3 is 0 Å². The van der Waals surface area contributed by atoms with Gasteiger partial charge in [0.2, 0.25) is 0 Å². The maximum atomic E-state index is 13.6. The molecule has 0 saturated heterocycles. The highest BCUT2D eigenvalue weighted by atomic mass is 35.5. The summed E-state index contributed by atoms with van der Waals surface area (Å²) in [5.41, 5.74) is 4.23. The van der Waals surface area contributed by atoms with Crippen molar-refractivity contribution in [3.8, 4) is 17.0 Å². The van der Waals surface area contributed by atoms with Crippen molar-refractivity contribution in [1.82, 2.24) is 19.7 Å². The van der Waals surface area contributed by atoms with Crippen molar-refractivity contribution in [1.29, 1.82) is 0 Å². The molecule has 136 valence electrons. The number of halogens is 2. The summed E-state index contributed by atoms with van der Waals surface area (Å²) in [5.74, 6) is -0.234. The first-order valence-electron chi connectivity index (χ1n) is 8.31. The molecule has 0 unspecified atom stereocenters. The molecular formula is C20H16ClFN4O. The molecule has 0 spiro atoms. The van der Waals surface area contributed by atoms with Gasteiger partial charge in [0.05, 0.1) is 49.1 Å². The van der Waals surface area contributed by atoms with Crippen molar-refractivity contribution in [2.75, 3.05) is 7.11 Å². The van der Waals surface area contributed by atoms with E-state index in [4.69, 9.17) is 16.3 Å². The van der Waals surface area contributed by atoms with E-state index in [1.807, 2.05) is 23.7 Å². The summed E-state index contributed by atoms with van der Waals surface area (Å²) >= 11 is 6.11. The normalized spacial score (nSPS) is 11.1. The van der Waals surface area contributed by atoms with E-state index < -0.39 is 5.82 Å². The molecule has 0 aliphatic rings. The first-order valence-corrected chi connectivity index (χ1v) is 8.69. The first-order chi connectivity index (χ1) is 13.0. The van der Waals surface area contributed by atoms with Crippen LogP contribution in [0.3, 0.4) is 0 Å². The molecule has 0 atom stereocenters. The van der Waals surface area contributed by atoms with Crippen LogP contribution in [-0.4, -0.2) is 26.9 Å². The van der Waals surface area contributed by atoms with Crippen LogP contribution in [0, 0.1) is 12.7 Å². The number of methoxy groups -OCH3 is 1. The number of ether oxygens (including phenoxy) is 1. The number of hydrogen-bond donors (Lipinski definition) is 0. The largest absolute Gasteiger partial charge is 0.494 e. The maximum absolute atomic E-state index is 13.6. The second-order valence-electron chi connectivity index (χ2n) is 6.21. The molecule has 2 aromatic heterocycles. The fraction of sp³-hybridized carbons (Fsp3) is 0.150. The average Bonchev–Trinajstić information content (AvgIpc) is 3.05. The molecule has 5 nitrogen and oxygen atoms in total. The van der Waals surface area contributed by atoms with Crippen LogP contribution >= 0.6 is 11.6 Å². The summed E-state index contributed by atoms with van der Waals surface area (Å²) in [4.78, 5) is 8.93. The lowest BCUT2D eigenvalue weighted by molar-refractivity contribution is 0.387. The summed E-state index contributed by atoms with van der Waals surface area (Å²) in [6.45, 7) is 2.50. The van der Waals surface area contributed by atoms with E-state index in [0.717, 1.165) is 27.7 Å². The van der Waals surface area contributed by atoms with E-state index in [2.05, 4.69) is 15.1 Å². The van der Waals surface area contributed by atoms with Gasteiger partial charge in [-0.1, -0.05) is 11.6 Å². The van der Waals surface area contributed by atoms with Gasteiger partial charge < -0.3 is 4.74 Å². The van der Waals surface area contributed by atoms with Crippen LogP contribution in [0.25, 0.3) is 22.2 Å². The van der Waals surface area contributed by atoms with Gasteiger partial charge in [0, 0.05) is 16.0 Å². The molecule has 0 aliphatic heterocycles. The molecule has 0 bridgehead atoms. The Hall–Kier alpha value is -2.99. The molecule has 0 aliphatic carbocycles. The van der Waals surface area contributed by atoms with Gasteiger partial charge in [-0.2, -0.15) is 5.10 Å². The predicted molar refractivity (Wildman–Crippen MR) is 103 cm³/mol. The summed E-state index contributed by atoms with van der Waals surface area (Å²) in [6, 6.07) is 8.42. The Morgan fingerprint density at radius 1 is 1.11 bits per heavy atom. The number of rotatable bonds is 4. The molecule has 0 N–H and O–H groups in total. The van der Waals surface area contributed by atoms with E-state index in [9.17, 15) is 4.39 Å². The topological polar surface area (TPSA) is 52.8 Å². The van der Waals surface area contributed by atoms with Crippen molar-refractivity contribution in [3.63, 3.8) is 0 Å². The second-order valence-corrected chi connectivity index (χ2v) is 6.64. The molecule has 4 rings (SSSR count). The molecule has 27 heavy (non-hydrogen) atoms. The van der Waals surface area contributed by atoms with Crippen LogP contribution < -0.4 is 4.74 Å². The fourth-order valence-corrected chi connectivity index (χ4v) is 3.36. The zero-order chi connectivity index (χ0) is 19.0. The van der Waals surface area contributed by atoms with Gasteiger partial charge in [-0.25, -0.2) is 4.39 Å². The van der Waals surface area contributed by atoms with Crippen LogP contribution in [-0.2, 0) is 6.54 Å². The van der Waals surface area contributed by atoms with E-state index in [1.165, 1.54) is 13.2 Å². The number of fused-ring (bicyclic) bond motifs is 1. The van der Waals surface area contributed by atoms with Crippen molar-refractivity contribution >= 4 is 22.5 Å². The van der Waals surface area contributed by atoms with E-state index in [1.54, 1.807) is 30.7 Å². The number of aryl methyl sites for hydroxylation is 1. The molecule has 0 radical (unpaired) electrons. The molecular weight excluding hydrogens is 367 g/mol. The Kier molecular flexibility index (Phi) is 4.49. The van der Waals surface area contributed by atoms with Crippen LogP contribution in [0.15, 0.2) is 48.9 Å². The minimum absolute atomic E-state index is 0.176. The zero-order valence-electron chi connectivity index (χ0n) is 14.8. The molecule has 2 aromatic carbocycles. The highest BCUT2D eigenvalue weighted by molar-refractivity contribution is 6.31.